The van der Waals surface area contributed by atoms with Gasteiger partial charge in [0.05, 0.1) is 86.8 Å². The monoisotopic (exact) mass is 1810 g/mol. The van der Waals surface area contributed by atoms with E-state index in [4.69, 9.17) is 90.0 Å². The van der Waals surface area contributed by atoms with Crippen molar-refractivity contribution in [3.05, 3.63) is 395 Å². The van der Waals surface area contributed by atoms with Gasteiger partial charge in [-0.1, -0.05) is 293 Å². The fourth-order valence-corrected chi connectivity index (χ4v) is 16.6. The van der Waals surface area contributed by atoms with E-state index in [0.717, 1.165) is 33.4 Å². The standard InChI is InChI=1S/C106H110O25Si/c1-71-87(93(126-100(110)80-54-32-13-33-55-80)97(128-102(112)82-58-36-15-37-59-82)106(121-71)131-94-90(125-99(109)79-52-30-12-31-53-79)85(70-120-98(108)78-50-28-11-29-51-78)122-103(115-60-61-132(2,3)4)96(94)127-101(111)81-56-34-14-35-57-81)129-104-91(86(107)88(116-64-74-42-20-7-21-43-74)83(123-104)68-113-62-72-38-16-5-17-39-72)130-105-95(119-67-77-48-26-10-27-49-77)92(118-66-76-46-24-9-25-47-76)89(117-65-75-44-22-8-23-45-75)84(124-105)69-114-63-73-40-18-6-19-41-73/h5-59,71,83-97,103-107H,60-70H2,1-4H3/t71-,83+,84+,85+,86-,87-,88+,89-,90-,91-,92-,93+,94-,95+,96+,97+,103+,104+,105+,106-/m0/s1. The van der Waals surface area contributed by atoms with Gasteiger partial charge in [-0.3, -0.25) is 0 Å². The maximum Gasteiger partial charge on any atom is 0.338 e. The number of aliphatic hydroxyl groups excluding tert-OH is 1. The number of hydrogen-bond acceptors (Lipinski definition) is 25. The summed E-state index contributed by atoms with van der Waals surface area (Å²) in [6, 6.07) is 98.3. The van der Waals surface area contributed by atoms with Gasteiger partial charge in [-0.2, -0.15) is 0 Å². The summed E-state index contributed by atoms with van der Waals surface area (Å²) < 4.78 is 133. The third kappa shape index (κ3) is 26.4. The van der Waals surface area contributed by atoms with E-state index >= 15 is 19.2 Å². The van der Waals surface area contributed by atoms with Gasteiger partial charge in [-0.05, 0) is 107 Å². The number of aliphatic hydroxyl groups is 1. The Labute approximate surface area is 769 Å². The molecule has 0 aliphatic carbocycles. The Balaban J connectivity index is 0.878. The first-order valence-corrected chi connectivity index (χ1v) is 48.2. The average molecular weight is 1810 g/mol. The molecule has 0 bridgehead atoms. The molecule has 0 aromatic heterocycles. The molecule has 4 heterocycles. The van der Waals surface area contributed by atoms with Crippen molar-refractivity contribution < 1.29 is 119 Å². The molecule has 4 saturated heterocycles. The number of rotatable bonds is 41. The van der Waals surface area contributed by atoms with Crippen LogP contribution in [0.1, 0.15) is 92.1 Å². The van der Waals surface area contributed by atoms with Crippen molar-refractivity contribution in [1.29, 1.82) is 0 Å². The highest BCUT2D eigenvalue weighted by Gasteiger charge is 2.61. The zero-order valence-corrected chi connectivity index (χ0v) is 74.8. The Hall–Kier alpha value is -11.6. The summed E-state index contributed by atoms with van der Waals surface area (Å²) in [6.45, 7) is 7.35. The molecule has 11 aromatic rings. The van der Waals surface area contributed by atoms with E-state index in [1.165, 1.54) is 48.5 Å². The molecule has 0 spiro atoms. The highest BCUT2D eigenvalue weighted by atomic mass is 28.3. The summed E-state index contributed by atoms with van der Waals surface area (Å²) >= 11 is 0. The highest BCUT2D eigenvalue weighted by molar-refractivity contribution is 6.76. The summed E-state index contributed by atoms with van der Waals surface area (Å²) in [6.07, 6.45) is -31.6. The van der Waals surface area contributed by atoms with Gasteiger partial charge < -0.3 is 95.1 Å². The minimum Gasteiger partial charge on any atom is -0.459 e. The van der Waals surface area contributed by atoms with Crippen molar-refractivity contribution >= 4 is 37.9 Å². The van der Waals surface area contributed by atoms with Crippen LogP contribution >= 0.6 is 0 Å². The lowest BCUT2D eigenvalue weighted by atomic mass is 9.95. The molecule has 25 nitrogen and oxygen atoms in total. The maximum atomic E-state index is 15.7. The number of esters is 5. The van der Waals surface area contributed by atoms with Crippen LogP contribution < -0.4 is 0 Å². The fourth-order valence-electron chi connectivity index (χ4n) is 15.9. The minimum atomic E-state index is -2.02. The van der Waals surface area contributed by atoms with Gasteiger partial charge in [0.15, 0.2) is 49.6 Å². The highest BCUT2D eigenvalue weighted by Crippen LogP contribution is 2.42. The van der Waals surface area contributed by atoms with Crippen LogP contribution in [0.25, 0.3) is 0 Å². The first kappa shape index (κ1) is 95.0. The molecule has 0 radical (unpaired) electrons. The Morgan fingerprint density at radius 1 is 0.273 bits per heavy atom. The largest absolute Gasteiger partial charge is 0.459 e. The van der Waals surface area contributed by atoms with Crippen molar-refractivity contribution in [3.63, 3.8) is 0 Å². The Bertz CT molecular complexity index is 5320. The van der Waals surface area contributed by atoms with Gasteiger partial charge >= 0.3 is 29.8 Å². The lowest BCUT2D eigenvalue weighted by Gasteiger charge is -2.51. The van der Waals surface area contributed by atoms with E-state index in [0.29, 0.717) is 6.04 Å². The number of carbonyl (C=O) groups is 5. The van der Waals surface area contributed by atoms with Crippen LogP contribution in [0, 0.1) is 0 Å². The molecular weight excluding hydrogens is 1700 g/mol. The van der Waals surface area contributed by atoms with Crippen molar-refractivity contribution in [1.82, 2.24) is 0 Å². The summed E-state index contributed by atoms with van der Waals surface area (Å²) in [7, 11) is -1.97. The van der Waals surface area contributed by atoms with Gasteiger partial charge in [0.25, 0.3) is 0 Å². The zero-order chi connectivity index (χ0) is 91.4. The van der Waals surface area contributed by atoms with Gasteiger partial charge in [0.2, 0.25) is 0 Å². The van der Waals surface area contributed by atoms with Crippen LogP contribution in [0.5, 0.6) is 0 Å². The third-order valence-corrected chi connectivity index (χ3v) is 24.6. The SMILES string of the molecule is C[C@@H]1O[C@@H](O[C@H]2[C@@H](OC(=O)c3ccccc3)[C@@H](COC(=O)c3ccccc3)O[C@@H](OCC[Si](C)(C)C)[C@@H]2OC(=O)c2ccccc2)[C@H](OC(=O)c2ccccc2)[C@H](OC(=O)c2ccccc2)[C@H]1O[C@H]1O[C@H](COCc2ccccc2)[C@@H](OCc2ccccc2)[C@H](O)[C@@H]1O[C@H]1O[C@H](COCc2ccccc2)[C@H](OCc2ccccc2)[C@H](OCc2ccccc2)[C@H]1OCc1ccccc1. The molecule has 688 valence electrons. The Morgan fingerprint density at radius 2 is 0.561 bits per heavy atom. The number of carbonyl (C=O) groups excluding carboxylic acids is 5. The topological polar surface area (TPSA) is 281 Å². The molecule has 26 heteroatoms. The Kier molecular flexibility index (Phi) is 34.3. The molecular formula is C106H110O25Si. The molecule has 0 unspecified atom stereocenters. The molecule has 4 fully saturated rings. The van der Waals surface area contributed by atoms with Crippen LogP contribution in [0.3, 0.4) is 0 Å². The predicted octanol–water partition coefficient (Wildman–Crippen LogP) is 16.3. The molecule has 4 aliphatic rings. The quantitative estimate of drug-likeness (QED) is 0.0212. The molecule has 132 heavy (non-hydrogen) atoms. The van der Waals surface area contributed by atoms with Crippen LogP contribution in [0.2, 0.25) is 25.7 Å². The van der Waals surface area contributed by atoms with Crippen molar-refractivity contribution in [2.75, 3.05) is 26.4 Å². The van der Waals surface area contributed by atoms with Crippen LogP contribution in [0.15, 0.2) is 334 Å². The molecule has 20 atom stereocenters. The number of hydrogen-bond donors (Lipinski definition) is 1. The van der Waals surface area contributed by atoms with Crippen LogP contribution in [0.4, 0.5) is 0 Å². The summed E-state index contributed by atoms with van der Waals surface area (Å²) in [5.41, 5.74) is 5.25. The fraction of sp³-hybridized carbons (Fsp3) is 0.330. The molecule has 1 N–H and O–H groups in total. The molecule has 11 aromatic carbocycles. The van der Waals surface area contributed by atoms with Gasteiger partial charge in [-0.25, -0.2) is 24.0 Å². The van der Waals surface area contributed by atoms with Crippen molar-refractivity contribution in [2.24, 2.45) is 0 Å². The van der Waals surface area contributed by atoms with Gasteiger partial charge in [-0.15, -0.1) is 0 Å². The normalized spacial score (nSPS) is 25.4. The number of benzene rings is 11. The first-order valence-electron chi connectivity index (χ1n) is 44.5. The molecule has 15 rings (SSSR count). The summed E-state index contributed by atoms with van der Waals surface area (Å²) in [5, 5.41) is 14.1. The second-order valence-electron chi connectivity index (χ2n) is 33.8. The van der Waals surface area contributed by atoms with E-state index in [-0.39, 0.29) is 87.3 Å². The predicted molar refractivity (Wildman–Crippen MR) is 487 cm³/mol. The van der Waals surface area contributed by atoms with Gasteiger partial charge in [0.1, 0.15) is 73.8 Å². The maximum absolute atomic E-state index is 15.7. The van der Waals surface area contributed by atoms with E-state index in [9.17, 15) is 9.90 Å². The van der Waals surface area contributed by atoms with Crippen LogP contribution in [-0.2, 0) is 130 Å². The average Bonchev–Trinajstić information content (AvgIpc) is 0.751. The van der Waals surface area contributed by atoms with E-state index in [2.05, 4.69) is 19.6 Å². The van der Waals surface area contributed by atoms with Crippen LogP contribution in [-0.4, -0.2) is 192 Å². The second-order valence-corrected chi connectivity index (χ2v) is 39.4. The van der Waals surface area contributed by atoms with Gasteiger partial charge in [0, 0.05) is 14.7 Å². The zero-order valence-electron chi connectivity index (χ0n) is 73.8. The van der Waals surface area contributed by atoms with Crippen molar-refractivity contribution in [2.45, 2.75) is 195 Å². The smallest absolute Gasteiger partial charge is 0.338 e. The lowest BCUT2D eigenvalue weighted by molar-refractivity contribution is -0.398. The third-order valence-electron chi connectivity index (χ3n) is 22.9. The van der Waals surface area contributed by atoms with Crippen molar-refractivity contribution in [3.8, 4) is 0 Å². The molecule has 4 aliphatic heterocycles. The first-order chi connectivity index (χ1) is 64.5. The lowest BCUT2D eigenvalue weighted by Crippen LogP contribution is -2.69. The summed E-state index contributed by atoms with van der Waals surface area (Å²) in [5.74, 6) is -4.57. The van der Waals surface area contributed by atoms with E-state index < -0.39 is 167 Å². The minimum absolute atomic E-state index is 0.0122. The van der Waals surface area contributed by atoms with E-state index in [1.54, 1.807) is 110 Å². The molecule has 0 saturated carbocycles. The number of ether oxygens (including phenoxy) is 19. The Morgan fingerprint density at radius 3 is 0.962 bits per heavy atom. The second kappa shape index (κ2) is 47.7. The molecule has 0 amide bonds. The van der Waals surface area contributed by atoms with E-state index in [1.807, 2.05) is 182 Å². The summed E-state index contributed by atoms with van der Waals surface area (Å²) in [4.78, 5) is 75.8.